The fourth-order valence-corrected chi connectivity index (χ4v) is 1.55. The maximum Gasteiger partial charge on any atom is 0.113 e. The number of hydrogen-bond acceptors (Lipinski definition) is 0. The first-order valence-electron chi connectivity index (χ1n) is 4.79. The van der Waals surface area contributed by atoms with E-state index in [1.807, 2.05) is 20.8 Å². The SMILES string of the molecule is CCCC(F)(CC)C(C)CC. The highest BCUT2D eigenvalue weighted by atomic mass is 19.1. The molecule has 0 spiro atoms. The van der Waals surface area contributed by atoms with Crippen molar-refractivity contribution in [3.63, 3.8) is 0 Å². The average Bonchev–Trinajstić information content (AvgIpc) is 2.03. The Hall–Kier alpha value is -0.0700. The Morgan fingerprint density at radius 3 is 2.09 bits per heavy atom. The zero-order valence-corrected chi connectivity index (χ0v) is 8.28. The van der Waals surface area contributed by atoms with Gasteiger partial charge in [0.2, 0.25) is 0 Å². The van der Waals surface area contributed by atoms with Gasteiger partial charge in [-0.05, 0) is 18.8 Å². The first-order valence-corrected chi connectivity index (χ1v) is 4.79. The molecule has 0 saturated heterocycles. The second-order valence-electron chi connectivity index (χ2n) is 3.45. The summed E-state index contributed by atoms with van der Waals surface area (Å²) in [4.78, 5) is 0. The molecule has 2 atom stereocenters. The molecule has 0 aromatic heterocycles. The minimum absolute atomic E-state index is 0.215. The molecule has 0 aliphatic rings. The lowest BCUT2D eigenvalue weighted by molar-refractivity contribution is 0.0716. The van der Waals surface area contributed by atoms with Crippen molar-refractivity contribution in [2.24, 2.45) is 5.92 Å². The van der Waals surface area contributed by atoms with Crippen LogP contribution in [-0.2, 0) is 0 Å². The topological polar surface area (TPSA) is 0 Å². The van der Waals surface area contributed by atoms with Crippen LogP contribution in [-0.4, -0.2) is 5.67 Å². The summed E-state index contributed by atoms with van der Waals surface area (Å²) in [6.45, 7) is 8.07. The Morgan fingerprint density at radius 2 is 1.82 bits per heavy atom. The van der Waals surface area contributed by atoms with Gasteiger partial charge in [-0.3, -0.25) is 0 Å². The van der Waals surface area contributed by atoms with Crippen LogP contribution in [0, 0.1) is 5.92 Å². The first kappa shape index (κ1) is 10.9. The van der Waals surface area contributed by atoms with Gasteiger partial charge in [-0.1, -0.05) is 40.5 Å². The van der Waals surface area contributed by atoms with E-state index >= 15 is 0 Å². The van der Waals surface area contributed by atoms with E-state index in [2.05, 4.69) is 6.92 Å². The molecule has 0 fully saturated rings. The van der Waals surface area contributed by atoms with Crippen LogP contribution in [0.15, 0.2) is 0 Å². The summed E-state index contributed by atoms with van der Waals surface area (Å²) in [5.41, 5.74) is -0.899. The Bertz CT molecular complexity index is 101. The number of rotatable bonds is 5. The Morgan fingerprint density at radius 1 is 1.27 bits per heavy atom. The van der Waals surface area contributed by atoms with E-state index in [-0.39, 0.29) is 5.92 Å². The van der Waals surface area contributed by atoms with Gasteiger partial charge in [0.25, 0.3) is 0 Å². The first-order chi connectivity index (χ1) is 5.10. The van der Waals surface area contributed by atoms with Crippen molar-refractivity contribution in [1.82, 2.24) is 0 Å². The fraction of sp³-hybridized carbons (Fsp3) is 1.00. The molecule has 0 radical (unpaired) electrons. The highest BCUT2D eigenvalue weighted by molar-refractivity contribution is 4.81. The molecule has 0 aliphatic heterocycles. The lowest BCUT2D eigenvalue weighted by atomic mass is 9.83. The van der Waals surface area contributed by atoms with Gasteiger partial charge in [0.1, 0.15) is 5.67 Å². The molecule has 0 aromatic rings. The van der Waals surface area contributed by atoms with Crippen molar-refractivity contribution >= 4 is 0 Å². The third-order valence-electron chi connectivity index (χ3n) is 2.75. The smallest absolute Gasteiger partial charge is 0.113 e. The van der Waals surface area contributed by atoms with Crippen LogP contribution in [0.25, 0.3) is 0 Å². The van der Waals surface area contributed by atoms with E-state index in [0.29, 0.717) is 6.42 Å². The van der Waals surface area contributed by atoms with Gasteiger partial charge >= 0.3 is 0 Å². The molecule has 0 saturated carbocycles. The third kappa shape index (κ3) is 2.80. The predicted octanol–water partition coefficient (Wildman–Crippen LogP) is 3.95. The molecule has 0 aliphatic carbocycles. The molecule has 68 valence electrons. The molecular weight excluding hydrogens is 139 g/mol. The van der Waals surface area contributed by atoms with Gasteiger partial charge in [-0.2, -0.15) is 0 Å². The molecule has 1 heteroatoms. The van der Waals surface area contributed by atoms with Crippen LogP contribution < -0.4 is 0 Å². The lowest BCUT2D eigenvalue weighted by Gasteiger charge is -2.29. The monoisotopic (exact) mass is 160 g/mol. The standard InChI is InChI=1S/C10H21F/c1-5-8-10(11,7-3)9(4)6-2/h9H,5-8H2,1-4H3. The molecule has 11 heavy (non-hydrogen) atoms. The van der Waals surface area contributed by atoms with Gasteiger partial charge in [-0.15, -0.1) is 0 Å². The van der Waals surface area contributed by atoms with Crippen LogP contribution in [0.3, 0.4) is 0 Å². The van der Waals surface area contributed by atoms with E-state index in [9.17, 15) is 4.39 Å². The van der Waals surface area contributed by atoms with Crippen molar-refractivity contribution in [3.05, 3.63) is 0 Å². The zero-order valence-electron chi connectivity index (χ0n) is 8.28. The summed E-state index contributed by atoms with van der Waals surface area (Å²) < 4.78 is 13.9. The van der Waals surface area contributed by atoms with Gasteiger partial charge in [-0.25, -0.2) is 4.39 Å². The quantitative estimate of drug-likeness (QED) is 0.571. The molecular formula is C10H21F. The van der Waals surface area contributed by atoms with Crippen LogP contribution in [0.1, 0.15) is 53.4 Å². The van der Waals surface area contributed by atoms with E-state index in [1.54, 1.807) is 0 Å². The summed E-state index contributed by atoms with van der Waals surface area (Å²) in [5.74, 6) is 0.215. The van der Waals surface area contributed by atoms with Gasteiger partial charge in [0.05, 0.1) is 0 Å². The van der Waals surface area contributed by atoms with E-state index < -0.39 is 5.67 Å². The lowest BCUT2D eigenvalue weighted by Crippen LogP contribution is -2.30. The fourth-order valence-electron chi connectivity index (χ4n) is 1.55. The largest absolute Gasteiger partial charge is 0.244 e. The normalized spacial score (nSPS) is 19.4. The van der Waals surface area contributed by atoms with Crippen LogP contribution in [0.2, 0.25) is 0 Å². The predicted molar refractivity (Wildman–Crippen MR) is 48.5 cm³/mol. The summed E-state index contributed by atoms with van der Waals surface area (Å²) in [6.07, 6.45) is 3.29. The Kier molecular flexibility index (Phi) is 4.71. The van der Waals surface area contributed by atoms with Crippen LogP contribution in [0.4, 0.5) is 4.39 Å². The molecule has 2 unspecified atom stereocenters. The van der Waals surface area contributed by atoms with Gasteiger partial charge in [0.15, 0.2) is 0 Å². The Balaban J connectivity index is 4.07. The highest BCUT2D eigenvalue weighted by Gasteiger charge is 2.31. The molecule has 0 heterocycles. The zero-order chi connectivity index (χ0) is 8.91. The van der Waals surface area contributed by atoms with Gasteiger partial charge < -0.3 is 0 Å². The maximum atomic E-state index is 13.9. The molecule has 0 N–H and O–H groups in total. The van der Waals surface area contributed by atoms with Crippen molar-refractivity contribution in [2.75, 3.05) is 0 Å². The van der Waals surface area contributed by atoms with Crippen molar-refractivity contribution in [1.29, 1.82) is 0 Å². The molecule has 0 bridgehead atoms. The molecule has 0 rings (SSSR count). The highest BCUT2D eigenvalue weighted by Crippen LogP contribution is 2.32. The van der Waals surface area contributed by atoms with E-state index in [0.717, 1.165) is 19.3 Å². The minimum Gasteiger partial charge on any atom is -0.244 e. The van der Waals surface area contributed by atoms with E-state index in [4.69, 9.17) is 0 Å². The number of alkyl halides is 1. The Labute approximate surface area is 70.2 Å². The molecule has 0 aromatic carbocycles. The third-order valence-corrected chi connectivity index (χ3v) is 2.75. The van der Waals surface area contributed by atoms with Crippen LogP contribution in [0.5, 0.6) is 0 Å². The number of halogens is 1. The molecule has 0 amide bonds. The minimum atomic E-state index is -0.899. The summed E-state index contributed by atoms with van der Waals surface area (Å²) >= 11 is 0. The summed E-state index contributed by atoms with van der Waals surface area (Å²) in [5, 5.41) is 0. The van der Waals surface area contributed by atoms with E-state index in [1.165, 1.54) is 0 Å². The van der Waals surface area contributed by atoms with Crippen molar-refractivity contribution in [3.8, 4) is 0 Å². The maximum absolute atomic E-state index is 13.9. The van der Waals surface area contributed by atoms with Crippen LogP contribution >= 0.6 is 0 Å². The summed E-state index contributed by atoms with van der Waals surface area (Å²) in [6, 6.07) is 0. The molecule has 0 nitrogen and oxygen atoms in total. The van der Waals surface area contributed by atoms with Crippen molar-refractivity contribution < 1.29 is 4.39 Å². The summed E-state index contributed by atoms with van der Waals surface area (Å²) in [7, 11) is 0. The second kappa shape index (κ2) is 4.74. The number of hydrogen-bond donors (Lipinski definition) is 0. The average molecular weight is 160 g/mol. The van der Waals surface area contributed by atoms with Crippen molar-refractivity contribution in [2.45, 2.75) is 59.0 Å². The van der Waals surface area contributed by atoms with Gasteiger partial charge in [0, 0.05) is 0 Å². The second-order valence-corrected chi connectivity index (χ2v) is 3.45.